The standard InChI is InChI=1S/C18H23N3O/c1-15-5-3-6-18(19-15)21-12-4-11-20(13-14-21)16-7-9-17(22-2)10-8-16/h3,5-10H,4,11-14H2,1-2H3. The topological polar surface area (TPSA) is 28.6 Å². The molecule has 1 fully saturated rings. The second kappa shape index (κ2) is 6.69. The largest absolute Gasteiger partial charge is 0.497 e. The van der Waals surface area contributed by atoms with Gasteiger partial charge >= 0.3 is 0 Å². The summed E-state index contributed by atoms with van der Waals surface area (Å²) in [6, 6.07) is 14.6. The third-order valence-corrected chi connectivity index (χ3v) is 4.13. The third kappa shape index (κ3) is 3.32. The molecular formula is C18H23N3O. The number of hydrogen-bond donors (Lipinski definition) is 0. The number of anilines is 2. The minimum absolute atomic E-state index is 0.907. The van der Waals surface area contributed by atoms with Gasteiger partial charge < -0.3 is 14.5 Å². The van der Waals surface area contributed by atoms with Gasteiger partial charge in [0.1, 0.15) is 11.6 Å². The van der Waals surface area contributed by atoms with Gasteiger partial charge in [-0.1, -0.05) is 6.07 Å². The number of ether oxygens (including phenoxy) is 1. The summed E-state index contributed by atoms with van der Waals surface area (Å²) in [5, 5.41) is 0. The highest BCUT2D eigenvalue weighted by atomic mass is 16.5. The lowest BCUT2D eigenvalue weighted by Crippen LogP contribution is -2.31. The molecule has 0 aliphatic carbocycles. The number of aromatic nitrogens is 1. The maximum Gasteiger partial charge on any atom is 0.128 e. The van der Waals surface area contributed by atoms with E-state index in [4.69, 9.17) is 4.74 Å². The number of benzene rings is 1. The van der Waals surface area contributed by atoms with Gasteiger partial charge in [0.05, 0.1) is 7.11 Å². The molecule has 1 saturated heterocycles. The Labute approximate surface area is 132 Å². The van der Waals surface area contributed by atoms with Gasteiger partial charge in [0.25, 0.3) is 0 Å². The monoisotopic (exact) mass is 297 g/mol. The van der Waals surface area contributed by atoms with Gasteiger partial charge in [-0.3, -0.25) is 0 Å². The van der Waals surface area contributed by atoms with Crippen LogP contribution in [0.2, 0.25) is 0 Å². The van der Waals surface area contributed by atoms with E-state index in [1.807, 2.05) is 25.1 Å². The van der Waals surface area contributed by atoms with Crippen molar-refractivity contribution in [3.63, 3.8) is 0 Å². The summed E-state index contributed by atoms with van der Waals surface area (Å²) >= 11 is 0. The Morgan fingerprint density at radius 1 is 0.909 bits per heavy atom. The first kappa shape index (κ1) is 14.7. The molecule has 0 radical (unpaired) electrons. The SMILES string of the molecule is COc1ccc(N2CCCN(c3cccc(C)n3)CC2)cc1. The lowest BCUT2D eigenvalue weighted by molar-refractivity contribution is 0.415. The number of hydrogen-bond acceptors (Lipinski definition) is 4. The van der Waals surface area contributed by atoms with Gasteiger partial charge in [0, 0.05) is 37.6 Å². The van der Waals surface area contributed by atoms with Crippen LogP contribution in [0, 0.1) is 6.92 Å². The van der Waals surface area contributed by atoms with Gasteiger partial charge in [0.15, 0.2) is 0 Å². The molecule has 0 N–H and O–H groups in total. The van der Waals surface area contributed by atoms with Crippen LogP contribution in [0.3, 0.4) is 0 Å². The smallest absolute Gasteiger partial charge is 0.128 e. The van der Waals surface area contributed by atoms with Gasteiger partial charge in [-0.2, -0.15) is 0 Å². The summed E-state index contributed by atoms with van der Waals surface area (Å²) in [5.41, 5.74) is 2.34. The predicted octanol–water partition coefficient (Wildman–Crippen LogP) is 3.12. The fourth-order valence-electron chi connectivity index (χ4n) is 2.90. The van der Waals surface area contributed by atoms with Crippen molar-refractivity contribution in [1.29, 1.82) is 0 Å². The van der Waals surface area contributed by atoms with Crippen LogP contribution >= 0.6 is 0 Å². The Balaban J connectivity index is 1.69. The Bertz CT molecular complexity index is 612. The van der Waals surface area contributed by atoms with Crippen LogP contribution in [0.15, 0.2) is 42.5 Å². The molecule has 0 atom stereocenters. The zero-order valence-corrected chi connectivity index (χ0v) is 13.3. The minimum Gasteiger partial charge on any atom is -0.497 e. The number of methoxy groups -OCH3 is 1. The summed E-state index contributed by atoms with van der Waals surface area (Å²) in [7, 11) is 1.70. The Morgan fingerprint density at radius 3 is 2.36 bits per heavy atom. The van der Waals surface area contributed by atoms with E-state index in [0.717, 1.165) is 49.9 Å². The second-order valence-corrected chi connectivity index (χ2v) is 5.66. The summed E-state index contributed by atoms with van der Waals surface area (Å²) in [6.45, 7) is 6.20. The Hall–Kier alpha value is -2.23. The zero-order chi connectivity index (χ0) is 15.4. The van der Waals surface area contributed by atoms with Crippen LogP contribution in [0.25, 0.3) is 0 Å². The highest BCUT2D eigenvalue weighted by molar-refractivity contribution is 5.50. The van der Waals surface area contributed by atoms with Gasteiger partial charge in [-0.15, -0.1) is 0 Å². The Kier molecular flexibility index (Phi) is 4.47. The Morgan fingerprint density at radius 2 is 1.64 bits per heavy atom. The van der Waals surface area contributed by atoms with E-state index >= 15 is 0 Å². The van der Waals surface area contributed by atoms with Gasteiger partial charge in [0.2, 0.25) is 0 Å². The molecule has 4 nitrogen and oxygen atoms in total. The molecule has 0 amide bonds. The van der Waals surface area contributed by atoms with Crippen molar-refractivity contribution in [2.45, 2.75) is 13.3 Å². The van der Waals surface area contributed by atoms with Crippen LogP contribution in [0.1, 0.15) is 12.1 Å². The van der Waals surface area contributed by atoms with Gasteiger partial charge in [-0.05, 0) is 49.7 Å². The minimum atomic E-state index is 0.907. The molecule has 1 aromatic heterocycles. The van der Waals surface area contributed by atoms with E-state index in [9.17, 15) is 0 Å². The number of nitrogens with zero attached hydrogens (tertiary/aromatic N) is 3. The van der Waals surface area contributed by atoms with E-state index in [2.05, 4.69) is 39.0 Å². The van der Waals surface area contributed by atoms with Crippen LogP contribution in [-0.4, -0.2) is 38.3 Å². The molecule has 0 bridgehead atoms. The fraction of sp³-hybridized carbons (Fsp3) is 0.389. The lowest BCUT2D eigenvalue weighted by Gasteiger charge is -2.24. The summed E-state index contributed by atoms with van der Waals surface area (Å²) in [5.74, 6) is 2.00. The normalized spacial score (nSPS) is 15.5. The summed E-state index contributed by atoms with van der Waals surface area (Å²) < 4.78 is 5.23. The molecule has 4 heteroatoms. The number of rotatable bonds is 3. The maximum atomic E-state index is 5.23. The van der Waals surface area contributed by atoms with Crippen molar-refractivity contribution >= 4 is 11.5 Å². The van der Waals surface area contributed by atoms with Crippen molar-refractivity contribution in [1.82, 2.24) is 4.98 Å². The summed E-state index contributed by atoms with van der Waals surface area (Å²) in [6.07, 6.45) is 1.14. The molecule has 3 rings (SSSR count). The number of aryl methyl sites for hydroxylation is 1. The zero-order valence-electron chi connectivity index (χ0n) is 13.3. The van der Waals surface area contributed by atoms with Crippen LogP contribution in [0.5, 0.6) is 5.75 Å². The molecule has 1 aromatic carbocycles. The van der Waals surface area contributed by atoms with E-state index in [1.165, 1.54) is 5.69 Å². The first-order valence-electron chi connectivity index (χ1n) is 7.84. The lowest BCUT2D eigenvalue weighted by atomic mass is 10.2. The van der Waals surface area contributed by atoms with E-state index in [1.54, 1.807) is 7.11 Å². The van der Waals surface area contributed by atoms with Crippen molar-refractivity contribution in [2.75, 3.05) is 43.1 Å². The first-order chi connectivity index (χ1) is 10.8. The molecular weight excluding hydrogens is 274 g/mol. The molecule has 0 spiro atoms. The quantitative estimate of drug-likeness (QED) is 0.870. The van der Waals surface area contributed by atoms with Crippen LogP contribution < -0.4 is 14.5 Å². The second-order valence-electron chi connectivity index (χ2n) is 5.66. The van der Waals surface area contributed by atoms with E-state index in [-0.39, 0.29) is 0 Å². The van der Waals surface area contributed by atoms with Crippen LogP contribution in [-0.2, 0) is 0 Å². The maximum absolute atomic E-state index is 5.23. The average Bonchev–Trinajstić information content (AvgIpc) is 2.81. The van der Waals surface area contributed by atoms with Gasteiger partial charge in [-0.25, -0.2) is 4.98 Å². The molecule has 0 unspecified atom stereocenters. The first-order valence-corrected chi connectivity index (χ1v) is 7.84. The summed E-state index contributed by atoms with van der Waals surface area (Å²) in [4.78, 5) is 9.48. The average molecular weight is 297 g/mol. The molecule has 2 heterocycles. The molecule has 116 valence electrons. The number of pyridine rings is 1. The van der Waals surface area contributed by atoms with Crippen molar-refractivity contribution < 1.29 is 4.74 Å². The van der Waals surface area contributed by atoms with Crippen molar-refractivity contribution in [2.24, 2.45) is 0 Å². The highest BCUT2D eigenvalue weighted by Gasteiger charge is 2.16. The van der Waals surface area contributed by atoms with E-state index < -0.39 is 0 Å². The predicted molar refractivity (Wildman–Crippen MR) is 91.0 cm³/mol. The third-order valence-electron chi connectivity index (χ3n) is 4.13. The van der Waals surface area contributed by atoms with Crippen molar-refractivity contribution in [3.05, 3.63) is 48.2 Å². The molecule has 1 aliphatic rings. The van der Waals surface area contributed by atoms with E-state index in [0.29, 0.717) is 0 Å². The molecule has 2 aromatic rings. The van der Waals surface area contributed by atoms with Crippen LogP contribution in [0.4, 0.5) is 11.5 Å². The molecule has 0 saturated carbocycles. The molecule has 22 heavy (non-hydrogen) atoms. The molecule has 1 aliphatic heterocycles. The fourth-order valence-corrected chi connectivity index (χ4v) is 2.90. The highest BCUT2D eigenvalue weighted by Crippen LogP contribution is 2.22. The van der Waals surface area contributed by atoms with Crippen molar-refractivity contribution in [3.8, 4) is 5.75 Å².